The normalized spacial score (nSPS) is 20.5. The van der Waals surface area contributed by atoms with Crippen LogP contribution in [-0.2, 0) is 17.6 Å². The number of nitrogens with one attached hydrogen (secondary N) is 1. The Morgan fingerprint density at radius 1 is 1.00 bits per heavy atom. The van der Waals surface area contributed by atoms with Gasteiger partial charge in [-0.05, 0) is 101 Å². The summed E-state index contributed by atoms with van der Waals surface area (Å²) in [6.45, 7) is 11.4. The Kier molecular flexibility index (Phi) is 12.4. The molecule has 7 heterocycles. The first-order valence-corrected chi connectivity index (χ1v) is 24.0. The summed E-state index contributed by atoms with van der Waals surface area (Å²) in [5.41, 5.74) is 6.21. The summed E-state index contributed by atoms with van der Waals surface area (Å²) in [6.07, 6.45) is 9.69. The number of piperidine rings is 1. The lowest BCUT2D eigenvalue weighted by Gasteiger charge is -2.47. The van der Waals surface area contributed by atoms with Gasteiger partial charge in [-0.1, -0.05) is 35.9 Å². The first kappa shape index (κ1) is 43.9. The molecule has 2 saturated heterocycles. The Labute approximate surface area is 392 Å². The van der Waals surface area contributed by atoms with Crippen molar-refractivity contribution in [2.75, 3.05) is 44.2 Å². The second kappa shape index (κ2) is 18.7. The van der Waals surface area contributed by atoms with Crippen LogP contribution in [0.4, 0.5) is 5.82 Å². The van der Waals surface area contributed by atoms with Crippen LogP contribution >= 0.6 is 22.9 Å². The number of hydrogen-bond acceptors (Lipinski definition) is 14. The number of aromatic nitrogens is 6. The van der Waals surface area contributed by atoms with E-state index in [0.717, 1.165) is 117 Å². The molecule has 0 bridgehead atoms. The number of hydrogen-bond donors (Lipinski definition) is 1. The molecule has 6 aromatic rings. The van der Waals surface area contributed by atoms with E-state index in [4.69, 9.17) is 35.7 Å². The van der Waals surface area contributed by atoms with Gasteiger partial charge in [-0.25, -0.2) is 4.98 Å². The van der Waals surface area contributed by atoms with E-state index in [-0.39, 0.29) is 29.7 Å². The van der Waals surface area contributed by atoms with Crippen LogP contribution < -0.4 is 15.0 Å². The Bertz CT molecular complexity index is 2770. The predicted molar refractivity (Wildman–Crippen MR) is 251 cm³/mol. The largest absolute Gasteiger partial charge is 0.490 e. The standard InChI is InChI=1S/C49H52ClN11O4S/c1-30-31(2)66-48-44(30)45(54-41(27-43-52-19-24-63-43)46-58-55-32(3)61(46)48)34-6-4-33(5-7-34)16-20-59-23-25-64-49(29-59)17-21-60(22-18-49)42-15-14-40(56-57-42)47(62)53-36-9-12-37(13-10-36)65-38-11-8-35(28-51)39(50)26-38/h4-8,11,14-15,19,24,26,36-37,41H,9-10,12-13,16-18,20-23,25,27,29H2,1-3H3,(H,53,62)/t36?,37?,41-/m0/s1. The average Bonchev–Trinajstić information content (AvgIpc) is 4.05. The number of morpholine rings is 1. The number of fused-ring (bicyclic) bond motifs is 3. The lowest BCUT2D eigenvalue weighted by Crippen LogP contribution is -2.57. The maximum atomic E-state index is 13.1. The van der Waals surface area contributed by atoms with Crippen molar-refractivity contribution in [2.24, 2.45) is 4.99 Å². The molecule has 0 radical (unpaired) electrons. The fraction of sp³-hybridized carbons (Fsp3) is 0.429. The van der Waals surface area contributed by atoms with Crippen LogP contribution in [0.25, 0.3) is 5.00 Å². The zero-order valence-corrected chi connectivity index (χ0v) is 38.9. The van der Waals surface area contributed by atoms with E-state index in [0.29, 0.717) is 40.9 Å². The summed E-state index contributed by atoms with van der Waals surface area (Å²) in [7, 11) is 0. The molecule has 3 fully saturated rings. The molecule has 10 rings (SSSR count). The van der Waals surface area contributed by atoms with Crippen molar-refractivity contribution in [3.8, 4) is 16.8 Å². The second-order valence-electron chi connectivity index (χ2n) is 17.9. The van der Waals surface area contributed by atoms with Gasteiger partial charge in [-0.2, -0.15) is 5.26 Å². The van der Waals surface area contributed by atoms with Crippen molar-refractivity contribution in [1.82, 2.24) is 40.2 Å². The number of nitriles is 1. The van der Waals surface area contributed by atoms with Gasteiger partial charge < -0.3 is 24.1 Å². The molecule has 15 nitrogen and oxygen atoms in total. The Hall–Kier alpha value is -5.99. The molecule has 1 N–H and O–H groups in total. The zero-order valence-electron chi connectivity index (χ0n) is 37.4. The van der Waals surface area contributed by atoms with E-state index in [1.807, 2.05) is 13.0 Å². The Morgan fingerprint density at radius 2 is 1.82 bits per heavy atom. The molecular formula is C49H52ClN11O4S. The van der Waals surface area contributed by atoms with Gasteiger partial charge in [0.2, 0.25) is 0 Å². The smallest absolute Gasteiger partial charge is 0.272 e. The monoisotopic (exact) mass is 925 g/mol. The highest BCUT2D eigenvalue weighted by atomic mass is 35.5. The summed E-state index contributed by atoms with van der Waals surface area (Å²) in [6, 6.07) is 19.5. The van der Waals surface area contributed by atoms with E-state index in [9.17, 15) is 4.79 Å². The Balaban J connectivity index is 0.715. The summed E-state index contributed by atoms with van der Waals surface area (Å²) < 4.78 is 20.5. The fourth-order valence-electron chi connectivity index (χ4n) is 9.77. The van der Waals surface area contributed by atoms with Crippen LogP contribution in [0.15, 0.2) is 76.5 Å². The van der Waals surface area contributed by atoms with Crippen LogP contribution in [-0.4, -0.2) is 104 Å². The number of aryl methyl sites for hydroxylation is 2. The van der Waals surface area contributed by atoms with E-state index >= 15 is 0 Å². The van der Waals surface area contributed by atoms with Crippen LogP contribution in [0.1, 0.15) is 105 Å². The van der Waals surface area contributed by atoms with Gasteiger partial charge in [-0.15, -0.1) is 31.7 Å². The Morgan fingerprint density at radius 3 is 2.55 bits per heavy atom. The van der Waals surface area contributed by atoms with Crippen molar-refractivity contribution >= 4 is 40.4 Å². The number of nitrogens with zero attached hydrogens (tertiary/aromatic N) is 10. The second-order valence-corrected chi connectivity index (χ2v) is 19.5. The molecule has 0 unspecified atom stereocenters. The molecule has 1 spiro atoms. The molecule has 66 heavy (non-hydrogen) atoms. The minimum Gasteiger partial charge on any atom is -0.490 e. The fourth-order valence-corrected chi connectivity index (χ4v) is 11.2. The molecule has 3 aliphatic heterocycles. The third-order valence-electron chi connectivity index (χ3n) is 13.6. The van der Waals surface area contributed by atoms with Crippen molar-refractivity contribution in [2.45, 2.75) is 95.9 Å². The highest BCUT2D eigenvalue weighted by Gasteiger charge is 2.40. The van der Waals surface area contributed by atoms with Crippen LogP contribution in [0.5, 0.6) is 5.75 Å². The number of carbonyl (C=O) groups is 1. The quantitative estimate of drug-likeness (QED) is 0.134. The third kappa shape index (κ3) is 9.09. The highest BCUT2D eigenvalue weighted by Crippen LogP contribution is 2.40. The number of oxazole rings is 1. The number of amides is 1. The number of carbonyl (C=O) groups excluding carboxylic acids is 1. The molecule has 17 heteroatoms. The van der Waals surface area contributed by atoms with Crippen molar-refractivity contribution in [3.05, 3.63) is 128 Å². The molecule has 340 valence electrons. The molecular weight excluding hydrogens is 874 g/mol. The summed E-state index contributed by atoms with van der Waals surface area (Å²) in [5, 5.41) is 31.7. The number of ether oxygens (including phenoxy) is 2. The summed E-state index contributed by atoms with van der Waals surface area (Å²) in [4.78, 5) is 29.0. The first-order valence-electron chi connectivity index (χ1n) is 22.8. The lowest BCUT2D eigenvalue weighted by atomic mass is 9.89. The van der Waals surface area contributed by atoms with Crippen LogP contribution in [0.2, 0.25) is 5.02 Å². The third-order valence-corrected chi connectivity index (χ3v) is 15.1. The van der Waals surface area contributed by atoms with E-state index in [2.05, 4.69) is 89.2 Å². The number of rotatable bonds is 11. The van der Waals surface area contributed by atoms with Gasteiger partial charge >= 0.3 is 0 Å². The minimum atomic E-state index is -0.306. The number of halogens is 1. The zero-order chi connectivity index (χ0) is 45.4. The lowest BCUT2D eigenvalue weighted by molar-refractivity contribution is -0.120. The SMILES string of the molecule is Cc1sc2c(c1C)C(c1ccc(CCN3CCOC4(CCN(c5ccc(C(=O)NC6CCC(Oc7ccc(C#N)c(Cl)c7)CC6)nn5)CC4)C3)cc1)=N[C@@H](Cc1ncco1)c1nnc(C)n1-2. The molecule has 1 atom stereocenters. The molecule has 4 aliphatic rings. The maximum absolute atomic E-state index is 13.1. The topological polar surface area (TPSA) is 173 Å². The maximum Gasteiger partial charge on any atom is 0.272 e. The molecule has 1 amide bonds. The minimum absolute atomic E-state index is 0.0255. The summed E-state index contributed by atoms with van der Waals surface area (Å²) in [5.74, 6) is 3.46. The number of anilines is 1. The van der Waals surface area contributed by atoms with Gasteiger partial charge in [0.1, 0.15) is 34.9 Å². The molecule has 1 aliphatic carbocycles. The number of thiophene rings is 1. The van der Waals surface area contributed by atoms with Crippen molar-refractivity contribution < 1.29 is 18.7 Å². The average molecular weight is 927 g/mol. The molecule has 2 aromatic carbocycles. The van der Waals surface area contributed by atoms with Gasteiger partial charge in [-0.3, -0.25) is 19.3 Å². The molecule has 4 aromatic heterocycles. The van der Waals surface area contributed by atoms with Gasteiger partial charge in [0.25, 0.3) is 5.91 Å². The summed E-state index contributed by atoms with van der Waals surface area (Å²) >= 11 is 7.94. The first-order chi connectivity index (χ1) is 32.1. The van der Waals surface area contributed by atoms with Crippen LogP contribution in [0.3, 0.4) is 0 Å². The van der Waals surface area contributed by atoms with Gasteiger partial charge in [0, 0.05) is 60.8 Å². The van der Waals surface area contributed by atoms with E-state index in [1.165, 1.54) is 16.0 Å². The highest BCUT2D eigenvalue weighted by molar-refractivity contribution is 7.15. The van der Waals surface area contributed by atoms with Crippen LogP contribution in [0, 0.1) is 32.1 Å². The number of benzene rings is 2. The van der Waals surface area contributed by atoms with Crippen molar-refractivity contribution in [1.29, 1.82) is 5.26 Å². The van der Waals surface area contributed by atoms with Gasteiger partial charge in [0.05, 0.1) is 47.2 Å². The van der Waals surface area contributed by atoms with E-state index in [1.54, 1.807) is 48.1 Å². The van der Waals surface area contributed by atoms with Gasteiger partial charge in [0.15, 0.2) is 23.2 Å². The van der Waals surface area contributed by atoms with Crippen molar-refractivity contribution in [3.63, 3.8) is 0 Å². The van der Waals surface area contributed by atoms with E-state index < -0.39 is 0 Å². The predicted octanol–water partition coefficient (Wildman–Crippen LogP) is 7.73. The number of aliphatic imine (C=N–C) groups is 1. The molecule has 1 saturated carbocycles.